The van der Waals surface area contributed by atoms with Crippen LogP contribution in [0.4, 0.5) is 5.69 Å². The fraction of sp³-hybridized carbons (Fsp3) is 0.190. The molecule has 1 N–H and O–H groups in total. The lowest BCUT2D eigenvalue weighted by Gasteiger charge is -2.13. The molecule has 29 heavy (non-hydrogen) atoms. The van der Waals surface area contributed by atoms with Gasteiger partial charge in [-0.15, -0.1) is 0 Å². The third-order valence-electron chi connectivity index (χ3n) is 3.80. The highest BCUT2D eigenvalue weighted by atomic mass is 127. The number of halogens is 1. The van der Waals surface area contributed by atoms with Crippen molar-refractivity contribution in [1.29, 1.82) is 5.26 Å². The second kappa shape index (κ2) is 10.5. The molecule has 0 aromatic heterocycles. The summed E-state index contributed by atoms with van der Waals surface area (Å²) in [5.74, 6) is -0.302. The smallest absolute Gasteiger partial charge is 0.343 e. The van der Waals surface area contributed by atoms with E-state index in [0.717, 1.165) is 5.56 Å². The summed E-state index contributed by atoms with van der Waals surface area (Å²) in [4.78, 5) is 23.7. The first-order valence-electron chi connectivity index (χ1n) is 8.45. The maximum Gasteiger partial charge on any atom is 0.343 e. The van der Waals surface area contributed by atoms with Crippen LogP contribution in [0.1, 0.15) is 11.1 Å². The van der Waals surface area contributed by atoms with E-state index in [1.165, 1.54) is 20.3 Å². The minimum Gasteiger partial charge on any atom is -0.493 e. The molecule has 2 rings (SSSR count). The van der Waals surface area contributed by atoms with Crippen LogP contribution >= 0.6 is 22.6 Å². The van der Waals surface area contributed by atoms with E-state index in [2.05, 4.69) is 10.1 Å². The standard InChI is InChI=1S/C21H19IN2O5/c1-13-4-6-16(7-5-13)24-21(26)15(11-23)8-14-9-17(22)20(18(10-14)27-2)29-12-19(25)28-3/h4-10H,12H2,1-3H3,(H,24,26)/b15-8+. The SMILES string of the molecule is COC(=O)COc1c(I)cc(/C=C(\C#N)C(=O)Nc2ccc(C)cc2)cc1OC. The van der Waals surface area contributed by atoms with Crippen LogP contribution in [0.5, 0.6) is 11.5 Å². The van der Waals surface area contributed by atoms with Crippen LogP contribution in [0.25, 0.3) is 6.08 Å². The van der Waals surface area contributed by atoms with E-state index in [9.17, 15) is 14.9 Å². The van der Waals surface area contributed by atoms with Crippen LogP contribution < -0.4 is 14.8 Å². The number of hydrogen-bond acceptors (Lipinski definition) is 6. The van der Waals surface area contributed by atoms with Crippen molar-refractivity contribution in [3.63, 3.8) is 0 Å². The molecule has 1 amide bonds. The summed E-state index contributed by atoms with van der Waals surface area (Å²) in [6.45, 7) is 1.68. The number of carbonyl (C=O) groups excluding carboxylic acids is 2. The molecule has 150 valence electrons. The number of methoxy groups -OCH3 is 2. The van der Waals surface area contributed by atoms with Crippen LogP contribution in [-0.4, -0.2) is 32.7 Å². The van der Waals surface area contributed by atoms with Crippen LogP contribution in [0.15, 0.2) is 42.0 Å². The molecule has 0 saturated carbocycles. The van der Waals surface area contributed by atoms with Gasteiger partial charge in [0.15, 0.2) is 18.1 Å². The molecule has 0 aliphatic carbocycles. The van der Waals surface area contributed by atoms with Gasteiger partial charge in [-0.1, -0.05) is 17.7 Å². The van der Waals surface area contributed by atoms with Crippen molar-refractivity contribution < 1.29 is 23.8 Å². The Hall–Kier alpha value is -3.06. The molecule has 2 aromatic rings. The maximum atomic E-state index is 12.4. The van der Waals surface area contributed by atoms with E-state index < -0.39 is 11.9 Å². The molecule has 0 unspecified atom stereocenters. The summed E-state index contributed by atoms with van der Waals surface area (Å²) in [7, 11) is 2.73. The molecular weight excluding hydrogens is 487 g/mol. The minimum atomic E-state index is -0.522. The molecule has 0 heterocycles. The van der Waals surface area contributed by atoms with Gasteiger partial charge in [-0.3, -0.25) is 4.79 Å². The van der Waals surface area contributed by atoms with Crippen LogP contribution in [-0.2, 0) is 14.3 Å². The van der Waals surface area contributed by atoms with Crippen molar-refractivity contribution in [2.75, 3.05) is 26.1 Å². The number of ether oxygens (including phenoxy) is 3. The van der Waals surface area contributed by atoms with Gasteiger partial charge in [0.05, 0.1) is 17.8 Å². The second-order valence-corrected chi connectivity index (χ2v) is 7.05. The molecule has 0 saturated heterocycles. The van der Waals surface area contributed by atoms with E-state index in [1.807, 2.05) is 47.7 Å². The van der Waals surface area contributed by atoms with Crippen LogP contribution in [0, 0.1) is 21.8 Å². The highest BCUT2D eigenvalue weighted by Gasteiger charge is 2.15. The van der Waals surface area contributed by atoms with Gasteiger partial charge in [-0.2, -0.15) is 5.26 Å². The largest absolute Gasteiger partial charge is 0.493 e. The molecule has 0 fully saturated rings. The molecule has 0 aliphatic rings. The Morgan fingerprint density at radius 3 is 2.48 bits per heavy atom. The number of amides is 1. The Morgan fingerprint density at radius 2 is 1.90 bits per heavy atom. The summed E-state index contributed by atoms with van der Waals surface area (Å²) in [5, 5.41) is 12.1. The molecule has 0 aliphatic heterocycles. The Labute approximate surface area is 182 Å². The van der Waals surface area contributed by atoms with Gasteiger partial charge in [0.2, 0.25) is 0 Å². The fourth-order valence-corrected chi connectivity index (χ4v) is 3.08. The molecule has 7 nitrogen and oxygen atoms in total. The first kappa shape index (κ1) is 22.2. The number of nitrogens with one attached hydrogen (secondary N) is 1. The minimum absolute atomic E-state index is 0.0633. The summed E-state index contributed by atoms with van der Waals surface area (Å²) in [6, 6.07) is 12.5. The lowest BCUT2D eigenvalue weighted by atomic mass is 10.1. The van der Waals surface area contributed by atoms with Gasteiger partial charge in [0.25, 0.3) is 5.91 Å². The van der Waals surface area contributed by atoms with E-state index in [4.69, 9.17) is 9.47 Å². The van der Waals surface area contributed by atoms with Crippen molar-refractivity contribution in [2.24, 2.45) is 0 Å². The quantitative estimate of drug-likeness (QED) is 0.266. The number of nitriles is 1. The van der Waals surface area contributed by atoms with Gasteiger partial charge in [-0.25, -0.2) is 4.79 Å². The zero-order valence-electron chi connectivity index (χ0n) is 16.1. The van der Waals surface area contributed by atoms with Crippen molar-refractivity contribution in [1.82, 2.24) is 0 Å². The van der Waals surface area contributed by atoms with Gasteiger partial charge in [0, 0.05) is 5.69 Å². The van der Waals surface area contributed by atoms with Crippen molar-refractivity contribution >= 4 is 46.2 Å². The Morgan fingerprint density at radius 1 is 1.21 bits per heavy atom. The molecule has 0 bridgehead atoms. The number of esters is 1. The van der Waals surface area contributed by atoms with Crippen molar-refractivity contribution in [3.05, 3.63) is 56.7 Å². The van der Waals surface area contributed by atoms with Crippen LogP contribution in [0.3, 0.4) is 0 Å². The summed E-state index contributed by atoms with van der Waals surface area (Å²) in [6.07, 6.45) is 1.46. The highest BCUT2D eigenvalue weighted by Crippen LogP contribution is 2.34. The Kier molecular flexibility index (Phi) is 8.03. The number of aryl methyl sites for hydroxylation is 1. The average Bonchev–Trinajstić information content (AvgIpc) is 2.72. The fourth-order valence-electron chi connectivity index (χ4n) is 2.30. The van der Waals surface area contributed by atoms with Gasteiger partial charge < -0.3 is 19.5 Å². The monoisotopic (exact) mass is 506 g/mol. The normalized spacial score (nSPS) is 10.7. The van der Waals surface area contributed by atoms with E-state index >= 15 is 0 Å². The number of benzene rings is 2. The zero-order valence-corrected chi connectivity index (χ0v) is 18.3. The van der Waals surface area contributed by atoms with E-state index in [-0.39, 0.29) is 12.2 Å². The number of nitrogens with zero attached hydrogens (tertiary/aromatic N) is 1. The van der Waals surface area contributed by atoms with Crippen LogP contribution in [0.2, 0.25) is 0 Å². The van der Waals surface area contributed by atoms with Gasteiger partial charge >= 0.3 is 5.97 Å². The predicted molar refractivity (Wildman–Crippen MR) is 117 cm³/mol. The van der Waals surface area contributed by atoms with Gasteiger partial charge in [0.1, 0.15) is 11.6 Å². The summed E-state index contributed by atoms with van der Waals surface area (Å²) < 4.78 is 16.0. The molecule has 2 aromatic carbocycles. The Bertz CT molecular complexity index is 978. The van der Waals surface area contributed by atoms with Crippen molar-refractivity contribution in [3.8, 4) is 17.6 Å². The van der Waals surface area contributed by atoms with Gasteiger partial charge in [-0.05, 0) is 65.4 Å². The molecular formula is C21H19IN2O5. The molecule has 0 spiro atoms. The average molecular weight is 506 g/mol. The molecule has 0 atom stereocenters. The number of hydrogen-bond donors (Lipinski definition) is 1. The van der Waals surface area contributed by atoms with E-state index in [1.54, 1.807) is 24.3 Å². The third-order valence-corrected chi connectivity index (χ3v) is 4.60. The number of rotatable bonds is 7. The number of carbonyl (C=O) groups is 2. The third kappa shape index (κ3) is 6.22. The molecule has 8 heteroatoms. The van der Waals surface area contributed by atoms with E-state index in [0.29, 0.717) is 26.3 Å². The summed E-state index contributed by atoms with van der Waals surface area (Å²) >= 11 is 2.02. The highest BCUT2D eigenvalue weighted by molar-refractivity contribution is 14.1. The molecule has 0 radical (unpaired) electrons. The Balaban J connectivity index is 2.26. The number of anilines is 1. The summed E-state index contributed by atoms with van der Waals surface area (Å²) in [5.41, 5.74) is 2.18. The topological polar surface area (TPSA) is 97.7 Å². The first-order chi connectivity index (χ1) is 13.9. The van der Waals surface area contributed by atoms with Crippen molar-refractivity contribution in [2.45, 2.75) is 6.92 Å². The lowest BCUT2D eigenvalue weighted by Crippen LogP contribution is -2.14. The maximum absolute atomic E-state index is 12.4. The first-order valence-corrected chi connectivity index (χ1v) is 9.52. The second-order valence-electron chi connectivity index (χ2n) is 5.89. The predicted octanol–water partition coefficient (Wildman–Crippen LogP) is 3.71. The lowest BCUT2D eigenvalue weighted by molar-refractivity contribution is -0.142. The zero-order chi connectivity index (χ0) is 21.4.